The number of hydrogen-bond donors (Lipinski definition) is 2. The lowest BCUT2D eigenvalue weighted by molar-refractivity contribution is -0.132. The van der Waals surface area contributed by atoms with Crippen LogP contribution in [0.2, 0.25) is 0 Å². The van der Waals surface area contributed by atoms with Crippen LogP contribution in [0.25, 0.3) is 0 Å². The molecule has 4 nitrogen and oxygen atoms in total. The number of carbonyl (C=O) groups is 1. The van der Waals surface area contributed by atoms with E-state index in [1.54, 1.807) is 12.4 Å². The van der Waals surface area contributed by atoms with E-state index in [0.717, 1.165) is 31.7 Å². The lowest BCUT2D eigenvalue weighted by Gasteiger charge is -2.36. The van der Waals surface area contributed by atoms with Crippen LogP contribution in [0.5, 0.6) is 0 Å². The summed E-state index contributed by atoms with van der Waals surface area (Å²) in [5.41, 5.74) is 1.01. The van der Waals surface area contributed by atoms with E-state index in [9.17, 15) is 4.79 Å². The Morgan fingerprint density at radius 2 is 1.83 bits per heavy atom. The van der Waals surface area contributed by atoms with Crippen molar-refractivity contribution in [3.05, 3.63) is 30.1 Å². The molecule has 98 valence electrons. The molecule has 0 atom stereocenters. The highest BCUT2D eigenvalue weighted by molar-refractivity contribution is 7.99. The molecule has 0 N–H and O–H groups in total. The van der Waals surface area contributed by atoms with Crippen LogP contribution in [-0.2, 0) is 11.2 Å². The van der Waals surface area contributed by atoms with Gasteiger partial charge in [0.1, 0.15) is 0 Å². The first-order chi connectivity index (χ1) is 8.66. The number of nitrogens with zero attached hydrogens (tertiary/aromatic N) is 3. The lowest BCUT2D eigenvalue weighted by Crippen LogP contribution is -2.50. The molecule has 0 aliphatic carbocycles. The quantitative estimate of drug-likeness (QED) is 0.639. The second-order valence-electron chi connectivity index (χ2n) is 4.30. The Balaban J connectivity index is 1.85. The van der Waals surface area contributed by atoms with Crippen molar-refractivity contribution >= 4 is 31.2 Å². The molecule has 1 aromatic heterocycles. The fourth-order valence-corrected chi connectivity index (χ4v) is 2.45. The maximum Gasteiger partial charge on any atom is 0.227 e. The summed E-state index contributed by atoms with van der Waals surface area (Å²) in [6, 6.07) is 3.76. The Hall–Kier alpha value is -0.720. The van der Waals surface area contributed by atoms with E-state index in [0.29, 0.717) is 6.42 Å². The first-order valence-corrected chi connectivity index (χ1v) is 6.97. The van der Waals surface area contributed by atoms with Crippen molar-refractivity contribution in [1.29, 1.82) is 0 Å². The van der Waals surface area contributed by atoms with Gasteiger partial charge in [-0.25, -0.2) is 0 Å². The molecule has 0 radical (unpaired) electrons. The predicted octanol–water partition coefficient (Wildman–Crippen LogP) is 0.911. The molecule has 1 saturated heterocycles. The van der Waals surface area contributed by atoms with Gasteiger partial charge >= 0.3 is 0 Å². The minimum Gasteiger partial charge on any atom is -0.340 e. The van der Waals surface area contributed by atoms with Gasteiger partial charge in [-0.3, -0.25) is 14.7 Å². The van der Waals surface area contributed by atoms with Gasteiger partial charge in [0.05, 0.1) is 11.1 Å². The number of rotatable bonds is 3. The van der Waals surface area contributed by atoms with Gasteiger partial charge in [-0.15, -0.1) is 25.3 Å². The van der Waals surface area contributed by atoms with Crippen LogP contribution in [0.1, 0.15) is 5.56 Å². The van der Waals surface area contributed by atoms with Gasteiger partial charge in [-0.1, -0.05) is 0 Å². The Labute approximate surface area is 118 Å². The summed E-state index contributed by atoms with van der Waals surface area (Å²) in [4.78, 5) is 20.1. The third-order valence-corrected chi connectivity index (χ3v) is 3.75. The molecule has 0 unspecified atom stereocenters. The van der Waals surface area contributed by atoms with Gasteiger partial charge < -0.3 is 4.90 Å². The average Bonchev–Trinajstić information content (AvgIpc) is 2.40. The van der Waals surface area contributed by atoms with Crippen LogP contribution in [-0.4, -0.2) is 51.6 Å². The van der Waals surface area contributed by atoms with E-state index < -0.39 is 0 Å². The van der Waals surface area contributed by atoms with Crippen molar-refractivity contribution in [1.82, 2.24) is 14.8 Å². The third-order valence-electron chi connectivity index (χ3n) is 3.10. The molecule has 6 heteroatoms. The van der Waals surface area contributed by atoms with Crippen LogP contribution in [0.3, 0.4) is 0 Å². The van der Waals surface area contributed by atoms with Crippen molar-refractivity contribution < 1.29 is 4.79 Å². The maximum absolute atomic E-state index is 12.1. The number of carbonyl (C=O) groups excluding carboxylic acids is 1. The van der Waals surface area contributed by atoms with Crippen LogP contribution in [0.15, 0.2) is 24.5 Å². The van der Waals surface area contributed by atoms with Gasteiger partial charge in [-0.05, 0) is 17.7 Å². The summed E-state index contributed by atoms with van der Waals surface area (Å²) < 4.78 is -0.0394. The molecule has 2 rings (SSSR count). The molecule has 18 heavy (non-hydrogen) atoms. The molecule has 1 amide bonds. The van der Waals surface area contributed by atoms with Gasteiger partial charge in [0.15, 0.2) is 0 Å². The number of amides is 1. The third kappa shape index (κ3) is 3.63. The molecule has 1 fully saturated rings. The van der Waals surface area contributed by atoms with Gasteiger partial charge in [0, 0.05) is 38.6 Å². The molecule has 0 saturated carbocycles. The van der Waals surface area contributed by atoms with E-state index in [2.05, 4.69) is 35.1 Å². The van der Waals surface area contributed by atoms with Crippen LogP contribution in [0, 0.1) is 0 Å². The van der Waals surface area contributed by atoms with Crippen LogP contribution >= 0.6 is 25.3 Å². The summed E-state index contributed by atoms with van der Waals surface area (Å²) in [6.07, 6.45) is 3.88. The van der Waals surface area contributed by atoms with E-state index in [1.165, 1.54) is 0 Å². The first-order valence-electron chi connectivity index (χ1n) is 5.93. The molecule has 1 aliphatic heterocycles. The van der Waals surface area contributed by atoms with Crippen LogP contribution in [0.4, 0.5) is 0 Å². The normalized spacial score (nSPS) is 17.2. The second-order valence-corrected chi connectivity index (χ2v) is 5.68. The summed E-state index contributed by atoms with van der Waals surface area (Å²) in [5, 5.41) is 0. The topological polar surface area (TPSA) is 36.4 Å². The zero-order valence-electron chi connectivity index (χ0n) is 10.1. The highest BCUT2D eigenvalue weighted by Gasteiger charge is 2.22. The Morgan fingerprint density at radius 1 is 1.22 bits per heavy atom. The number of thiol groups is 2. The van der Waals surface area contributed by atoms with Crippen molar-refractivity contribution in [2.45, 2.75) is 11.1 Å². The fraction of sp³-hybridized carbons (Fsp3) is 0.500. The van der Waals surface area contributed by atoms with Crippen molar-refractivity contribution in [3.63, 3.8) is 0 Å². The fourth-order valence-electron chi connectivity index (χ4n) is 1.99. The Kier molecular flexibility index (Phi) is 4.91. The monoisotopic (exact) mass is 283 g/mol. The maximum atomic E-state index is 12.1. The Bertz CT molecular complexity index is 392. The van der Waals surface area contributed by atoms with Gasteiger partial charge in [0.2, 0.25) is 5.91 Å². The predicted molar refractivity (Wildman–Crippen MR) is 77.9 cm³/mol. The molecule has 0 aromatic carbocycles. The lowest BCUT2D eigenvalue weighted by atomic mass is 10.1. The number of piperazine rings is 1. The standard InChI is InChI=1S/C12H17N3OS2/c16-11(9-10-1-3-13-4-2-10)14-5-7-15(8-6-14)12(17)18/h1-4,12,17-18H,5-9H2. The summed E-state index contributed by atoms with van der Waals surface area (Å²) in [7, 11) is 0. The van der Waals surface area contributed by atoms with Gasteiger partial charge in [0.25, 0.3) is 0 Å². The zero-order valence-corrected chi connectivity index (χ0v) is 11.9. The SMILES string of the molecule is O=C(Cc1ccncc1)N1CCN(C(S)S)CC1. The highest BCUT2D eigenvalue weighted by Crippen LogP contribution is 2.12. The van der Waals surface area contributed by atoms with E-state index in [-0.39, 0.29) is 10.6 Å². The first kappa shape index (κ1) is 13.7. The van der Waals surface area contributed by atoms with Crippen molar-refractivity contribution in [3.8, 4) is 0 Å². The van der Waals surface area contributed by atoms with Crippen molar-refractivity contribution in [2.75, 3.05) is 26.2 Å². The van der Waals surface area contributed by atoms with E-state index in [4.69, 9.17) is 0 Å². The van der Waals surface area contributed by atoms with Gasteiger partial charge in [-0.2, -0.15) is 0 Å². The van der Waals surface area contributed by atoms with E-state index in [1.807, 2.05) is 17.0 Å². The number of aromatic nitrogens is 1. The molecule has 0 spiro atoms. The second kappa shape index (κ2) is 6.45. The molecule has 0 bridgehead atoms. The minimum absolute atomic E-state index is 0.0394. The Morgan fingerprint density at radius 3 is 2.39 bits per heavy atom. The molecule has 2 heterocycles. The number of pyridine rings is 1. The summed E-state index contributed by atoms with van der Waals surface area (Å²) in [5.74, 6) is 0.177. The number of hydrogen-bond acceptors (Lipinski definition) is 5. The largest absolute Gasteiger partial charge is 0.340 e. The minimum atomic E-state index is -0.0394. The summed E-state index contributed by atoms with van der Waals surface area (Å²) >= 11 is 8.56. The van der Waals surface area contributed by atoms with Crippen LogP contribution < -0.4 is 0 Å². The van der Waals surface area contributed by atoms with Crippen molar-refractivity contribution in [2.24, 2.45) is 0 Å². The molecule has 1 aromatic rings. The zero-order chi connectivity index (χ0) is 13.0. The smallest absolute Gasteiger partial charge is 0.227 e. The highest BCUT2D eigenvalue weighted by atomic mass is 32.2. The van der Waals surface area contributed by atoms with E-state index >= 15 is 0 Å². The molecule has 1 aliphatic rings. The average molecular weight is 283 g/mol. The summed E-state index contributed by atoms with van der Waals surface area (Å²) in [6.45, 7) is 3.17. The molecular formula is C12H17N3OS2. The molecular weight excluding hydrogens is 266 g/mol.